The number of benzene rings is 1. The maximum absolute atomic E-state index is 13.0. The van der Waals surface area contributed by atoms with Crippen molar-refractivity contribution in [3.8, 4) is 0 Å². The van der Waals surface area contributed by atoms with E-state index in [0.717, 1.165) is 37.1 Å². The minimum absolute atomic E-state index is 0.0146. The van der Waals surface area contributed by atoms with Crippen LogP contribution in [0.2, 0.25) is 0 Å². The fourth-order valence-corrected chi connectivity index (χ4v) is 3.25. The predicted octanol–water partition coefficient (Wildman–Crippen LogP) is 3.20. The number of nitrogens with zero attached hydrogens (tertiary/aromatic N) is 1. The fourth-order valence-electron chi connectivity index (χ4n) is 1.99. The number of rotatable bonds is 3. The van der Waals surface area contributed by atoms with Crippen LogP contribution in [0, 0.1) is 15.9 Å². The second-order valence-electron chi connectivity index (χ2n) is 4.14. The third-order valence-electron chi connectivity index (χ3n) is 2.89. The molecule has 1 aromatic rings. The van der Waals surface area contributed by atoms with Crippen LogP contribution in [0.5, 0.6) is 0 Å². The van der Waals surface area contributed by atoms with Crippen molar-refractivity contribution in [2.24, 2.45) is 0 Å². The van der Waals surface area contributed by atoms with E-state index in [9.17, 15) is 19.3 Å². The maximum Gasteiger partial charge on any atom is 0.283 e. The Bertz CT molecular complexity index is 486. The van der Waals surface area contributed by atoms with Crippen molar-refractivity contribution in [2.45, 2.75) is 24.5 Å². The van der Waals surface area contributed by atoms with Gasteiger partial charge in [0.2, 0.25) is 0 Å². The van der Waals surface area contributed by atoms with Gasteiger partial charge in [-0.05, 0) is 30.7 Å². The third-order valence-corrected chi connectivity index (χ3v) is 4.27. The Balaban J connectivity index is 2.31. The summed E-state index contributed by atoms with van der Waals surface area (Å²) in [6.07, 6.45) is 2.76. The molecule has 1 aromatic carbocycles. The largest absolute Gasteiger partial charge is 0.293 e. The molecule has 2 rings (SSSR count). The van der Waals surface area contributed by atoms with Crippen LogP contribution in [-0.2, 0) is 0 Å². The first-order valence-corrected chi connectivity index (χ1v) is 6.74. The highest BCUT2D eigenvalue weighted by Crippen LogP contribution is 2.31. The van der Waals surface area contributed by atoms with Gasteiger partial charge < -0.3 is 0 Å². The van der Waals surface area contributed by atoms with E-state index >= 15 is 0 Å². The van der Waals surface area contributed by atoms with E-state index in [-0.39, 0.29) is 16.6 Å². The number of nitro groups is 1. The number of halogens is 1. The van der Waals surface area contributed by atoms with Gasteiger partial charge in [-0.15, -0.1) is 0 Å². The number of thioether (sulfide) groups is 1. The quantitative estimate of drug-likeness (QED) is 0.480. The lowest BCUT2D eigenvalue weighted by Gasteiger charge is -2.19. The van der Waals surface area contributed by atoms with Crippen LogP contribution in [0.4, 0.5) is 10.1 Å². The van der Waals surface area contributed by atoms with Gasteiger partial charge in [-0.25, -0.2) is 4.39 Å². The van der Waals surface area contributed by atoms with Gasteiger partial charge in [0.15, 0.2) is 5.78 Å². The van der Waals surface area contributed by atoms with Crippen molar-refractivity contribution < 1.29 is 14.1 Å². The molecule has 0 N–H and O–H groups in total. The predicted molar refractivity (Wildman–Crippen MR) is 67.5 cm³/mol. The zero-order valence-corrected chi connectivity index (χ0v) is 10.4. The van der Waals surface area contributed by atoms with Gasteiger partial charge in [0.05, 0.1) is 21.8 Å². The fraction of sp³-hybridized carbons (Fsp3) is 0.417. The molecule has 18 heavy (non-hydrogen) atoms. The standard InChI is InChI=1S/C12H12FNO3S/c13-8-4-5-9(10(7-8)14(16)17)12(15)11-3-1-2-6-18-11/h4-5,7,11H,1-3,6H2. The summed E-state index contributed by atoms with van der Waals surface area (Å²) < 4.78 is 13.0. The van der Waals surface area contributed by atoms with Gasteiger partial charge in [0.25, 0.3) is 5.69 Å². The smallest absolute Gasteiger partial charge is 0.283 e. The first kappa shape index (κ1) is 13.0. The molecule has 1 aliphatic rings. The van der Waals surface area contributed by atoms with Crippen LogP contribution in [0.25, 0.3) is 0 Å². The van der Waals surface area contributed by atoms with Crippen LogP contribution < -0.4 is 0 Å². The third kappa shape index (κ3) is 2.69. The maximum atomic E-state index is 13.0. The number of Topliss-reactive ketones (excluding diaryl/α,β-unsaturated/α-hetero) is 1. The van der Waals surface area contributed by atoms with E-state index in [2.05, 4.69) is 0 Å². The number of carbonyl (C=O) groups is 1. The van der Waals surface area contributed by atoms with Crippen LogP contribution in [0.15, 0.2) is 18.2 Å². The summed E-state index contributed by atoms with van der Waals surface area (Å²) in [5.41, 5.74) is -0.424. The van der Waals surface area contributed by atoms with E-state index in [1.165, 1.54) is 17.8 Å². The highest BCUT2D eigenvalue weighted by molar-refractivity contribution is 8.00. The van der Waals surface area contributed by atoms with Crippen molar-refractivity contribution in [2.75, 3.05) is 5.75 Å². The normalized spacial score (nSPS) is 19.5. The number of hydrogen-bond donors (Lipinski definition) is 0. The number of hydrogen-bond acceptors (Lipinski definition) is 4. The molecule has 1 atom stereocenters. The second-order valence-corrected chi connectivity index (χ2v) is 5.45. The van der Waals surface area contributed by atoms with Gasteiger partial charge in [-0.1, -0.05) is 6.42 Å². The molecule has 0 aliphatic carbocycles. The monoisotopic (exact) mass is 269 g/mol. The Morgan fingerprint density at radius 2 is 2.22 bits per heavy atom. The van der Waals surface area contributed by atoms with E-state index in [1.807, 2.05) is 0 Å². The van der Waals surface area contributed by atoms with Crippen molar-refractivity contribution >= 4 is 23.2 Å². The first-order valence-electron chi connectivity index (χ1n) is 5.69. The number of ketones is 1. The average Bonchev–Trinajstić information content (AvgIpc) is 2.39. The van der Waals surface area contributed by atoms with Crippen LogP contribution in [0.3, 0.4) is 0 Å². The molecule has 0 radical (unpaired) electrons. The summed E-state index contributed by atoms with van der Waals surface area (Å²) in [6.45, 7) is 0. The zero-order valence-electron chi connectivity index (χ0n) is 9.60. The van der Waals surface area contributed by atoms with Crippen LogP contribution in [0.1, 0.15) is 29.6 Å². The average molecular weight is 269 g/mol. The molecule has 96 valence electrons. The van der Waals surface area contributed by atoms with Crippen molar-refractivity contribution in [1.29, 1.82) is 0 Å². The van der Waals surface area contributed by atoms with Crippen LogP contribution in [-0.4, -0.2) is 21.7 Å². The molecule has 1 heterocycles. The molecule has 0 spiro atoms. The second kappa shape index (κ2) is 5.48. The van der Waals surface area contributed by atoms with E-state index in [1.54, 1.807) is 0 Å². The molecular weight excluding hydrogens is 257 g/mol. The summed E-state index contributed by atoms with van der Waals surface area (Å²) >= 11 is 1.52. The van der Waals surface area contributed by atoms with Gasteiger partial charge in [0, 0.05) is 0 Å². The SMILES string of the molecule is O=C(c1ccc(F)cc1[N+](=O)[O-])C1CCCCS1. The summed E-state index contributed by atoms with van der Waals surface area (Å²) in [6, 6.07) is 3.11. The van der Waals surface area contributed by atoms with Crippen molar-refractivity contribution in [1.82, 2.24) is 0 Å². The lowest BCUT2D eigenvalue weighted by molar-refractivity contribution is -0.385. The topological polar surface area (TPSA) is 60.2 Å². The Kier molecular flexibility index (Phi) is 3.96. The lowest BCUT2D eigenvalue weighted by atomic mass is 10.0. The van der Waals surface area contributed by atoms with Crippen molar-refractivity contribution in [3.05, 3.63) is 39.7 Å². The molecule has 0 saturated carbocycles. The molecule has 0 aromatic heterocycles. The zero-order chi connectivity index (χ0) is 13.1. The lowest BCUT2D eigenvalue weighted by Crippen LogP contribution is -2.22. The minimum atomic E-state index is -0.705. The van der Waals surface area contributed by atoms with Gasteiger partial charge in [-0.2, -0.15) is 11.8 Å². The molecule has 4 nitrogen and oxygen atoms in total. The van der Waals surface area contributed by atoms with Crippen LogP contribution >= 0.6 is 11.8 Å². The van der Waals surface area contributed by atoms with Gasteiger partial charge in [-0.3, -0.25) is 14.9 Å². The van der Waals surface area contributed by atoms with E-state index < -0.39 is 16.4 Å². The number of carbonyl (C=O) groups excluding carboxylic acids is 1. The Morgan fingerprint density at radius 1 is 1.44 bits per heavy atom. The van der Waals surface area contributed by atoms with E-state index in [0.29, 0.717) is 0 Å². The molecule has 0 amide bonds. The molecule has 1 unspecified atom stereocenters. The van der Waals surface area contributed by atoms with Gasteiger partial charge in [0.1, 0.15) is 5.82 Å². The highest BCUT2D eigenvalue weighted by Gasteiger charge is 2.28. The van der Waals surface area contributed by atoms with Crippen molar-refractivity contribution in [3.63, 3.8) is 0 Å². The molecule has 1 fully saturated rings. The highest BCUT2D eigenvalue weighted by atomic mass is 32.2. The van der Waals surface area contributed by atoms with E-state index in [4.69, 9.17) is 0 Å². The summed E-state index contributed by atoms with van der Waals surface area (Å²) in [7, 11) is 0. The molecule has 0 bridgehead atoms. The molecule has 1 aliphatic heterocycles. The first-order chi connectivity index (χ1) is 8.59. The van der Waals surface area contributed by atoms with Gasteiger partial charge >= 0.3 is 0 Å². The Hall–Kier alpha value is -1.43. The molecule has 6 heteroatoms. The Labute approximate surface area is 108 Å². The summed E-state index contributed by atoms with van der Waals surface area (Å²) in [4.78, 5) is 22.3. The molecular formula is C12H12FNO3S. The molecule has 1 saturated heterocycles. The number of nitro benzene ring substituents is 1. The summed E-state index contributed by atoms with van der Waals surface area (Å²) in [5, 5.41) is 10.6. The summed E-state index contributed by atoms with van der Waals surface area (Å²) in [5.74, 6) is -0.0632. The minimum Gasteiger partial charge on any atom is -0.293 e. The Morgan fingerprint density at radius 3 is 2.83 bits per heavy atom.